The molecule has 0 fully saturated rings. The average molecular weight is 337 g/mol. The van der Waals surface area contributed by atoms with E-state index in [9.17, 15) is 9.90 Å². The third-order valence-corrected chi connectivity index (χ3v) is 3.39. The van der Waals surface area contributed by atoms with Crippen molar-refractivity contribution in [1.82, 2.24) is 0 Å². The molecule has 0 aliphatic rings. The van der Waals surface area contributed by atoms with E-state index in [0.29, 0.717) is 10.2 Å². The summed E-state index contributed by atoms with van der Waals surface area (Å²) in [4.78, 5) is 11.4. The summed E-state index contributed by atoms with van der Waals surface area (Å²) in [6.07, 6.45) is 0. The summed E-state index contributed by atoms with van der Waals surface area (Å²) in [5.41, 5.74) is 1.01. The number of halogens is 1. The minimum atomic E-state index is -1.07. The van der Waals surface area contributed by atoms with Crippen molar-refractivity contribution in [3.8, 4) is 11.5 Å². The highest BCUT2D eigenvalue weighted by Crippen LogP contribution is 2.36. The Morgan fingerprint density at radius 2 is 1.90 bits per heavy atom. The number of carboxylic acids is 1. The molecule has 0 saturated heterocycles. The number of hydrogen-bond acceptors (Lipinski definition) is 3. The van der Waals surface area contributed by atoms with Crippen molar-refractivity contribution in [3.05, 3.63) is 58.1 Å². The smallest absolute Gasteiger partial charge is 0.340 e. The zero-order valence-corrected chi connectivity index (χ0v) is 12.4. The van der Waals surface area contributed by atoms with E-state index in [4.69, 9.17) is 9.47 Å². The van der Waals surface area contributed by atoms with E-state index in [2.05, 4.69) is 15.9 Å². The third kappa shape index (κ3) is 3.11. The van der Waals surface area contributed by atoms with Crippen LogP contribution in [0, 0.1) is 0 Å². The first-order valence-electron chi connectivity index (χ1n) is 5.90. The van der Waals surface area contributed by atoms with Crippen LogP contribution in [0.15, 0.2) is 46.9 Å². The number of carboxylic acid groups (broad SMARTS) is 1. The van der Waals surface area contributed by atoms with Gasteiger partial charge in [-0.05, 0) is 33.6 Å². The lowest BCUT2D eigenvalue weighted by Crippen LogP contribution is -2.06. The summed E-state index contributed by atoms with van der Waals surface area (Å²) in [6.45, 7) is 0.272. The highest BCUT2D eigenvalue weighted by atomic mass is 79.9. The van der Waals surface area contributed by atoms with E-state index in [-0.39, 0.29) is 17.9 Å². The second-order valence-electron chi connectivity index (χ2n) is 4.03. The molecule has 0 bridgehead atoms. The standard InChI is InChI=1S/C15H13BrO4/c1-19-12-8-7-11(16)13(15(17)18)14(12)20-9-10-5-3-2-4-6-10/h2-8H,9H2,1H3,(H,17,18). The summed E-state index contributed by atoms with van der Waals surface area (Å²) < 4.78 is 11.3. The van der Waals surface area contributed by atoms with Crippen molar-refractivity contribution in [3.63, 3.8) is 0 Å². The zero-order valence-electron chi connectivity index (χ0n) is 10.8. The van der Waals surface area contributed by atoms with Gasteiger partial charge in [0.15, 0.2) is 11.5 Å². The van der Waals surface area contributed by atoms with E-state index in [1.54, 1.807) is 12.1 Å². The summed E-state index contributed by atoms with van der Waals surface area (Å²) in [5.74, 6) is -0.460. The molecule has 104 valence electrons. The Hall–Kier alpha value is -2.01. The van der Waals surface area contributed by atoms with Gasteiger partial charge in [0.05, 0.1) is 7.11 Å². The molecule has 0 aromatic heterocycles. The molecular weight excluding hydrogens is 324 g/mol. The maximum Gasteiger partial charge on any atom is 0.340 e. The number of hydrogen-bond donors (Lipinski definition) is 1. The van der Waals surface area contributed by atoms with E-state index in [0.717, 1.165) is 5.56 Å². The molecule has 0 atom stereocenters. The van der Waals surface area contributed by atoms with Gasteiger partial charge in [0.25, 0.3) is 0 Å². The Balaban J connectivity index is 2.34. The van der Waals surface area contributed by atoms with Gasteiger partial charge in [0.1, 0.15) is 12.2 Å². The van der Waals surface area contributed by atoms with Gasteiger partial charge in [0, 0.05) is 4.47 Å². The van der Waals surface area contributed by atoms with Crippen LogP contribution in [-0.4, -0.2) is 18.2 Å². The Labute approximate surface area is 125 Å². The SMILES string of the molecule is COc1ccc(Br)c(C(=O)O)c1OCc1ccccc1. The fourth-order valence-corrected chi connectivity index (χ4v) is 2.25. The molecule has 0 saturated carbocycles. The van der Waals surface area contributed by atoms with Crippen molar-refractivity contribution < 1.29 is 19.4 Å². The minimum Gasteiger partial charge on any atom is -0.493 e. The molecule has 4 nitrogen and oxygen atoms in total. The molecule has 0 aliphatic carbocycles. The van der Waals surface area contributed by atoms with Crippen molar-refractivity contribution in [2.45, 2.75) is 6.61 Å². The molecule has 0 spiro atoms. The Kier molecular flexibility index (Phi) is 4.63. The van der Waals surface area contributed by atoms with Gasteiger partial charge in [-0.1, -0.05) is 30.3 Å². The summed E-state index contributed by atoms with van der Waals surface area (Å²) >= 11 is 3.22. The second kappa shape index (κ2) is 6.43. The second-order valence-corrected chi connectivity index (χ2v) is 4.89. The maximum atomic E-state index is 11.4. The molecule has 1 N–H and O–H groups in total. The molecule has 0 unspecified atom stereocenters. The van der Waals surface area contributed by atoms with Crippen LogP contribution < -0.4 is 9.47 Å². The molecule has 5 heteroatoms. The van der Waals surface area contributed by atoms with E-state index in [1.807, 2.05) is 30.3 Å². The fraction of sp³-hybridized carbons (Fsp3) is 0.133. The summed E-state index contributed by atoms with van der Waals surface area (Å²) in [6, 6.07) is 12.8. The number of ether oxygens (including phenoxy) is 2. The van der Waals surface area contributed by atoms with Crippen molar-refractivity contribution in [2.75, 3.05) is 7.11 Å². The Morgan fingerprint density at radius 1 is 1.20 bits per heavy atom. The largest absolute Gasteiger partial charge is 0.493 e. The van der Waals surface area contributed by atoms with Crippen molar-refractivity contribution >= 4 is 21.9 Å². The van der Waals surface area contributed by atoms with Gasteiger partial charge < -0.3 is 14.6 Å². The number of methoxy groups -OCH3 is 1. The first-order chi connectivity index (χ1) is 9.63. The molecule has 2 aromatic rings. The molecule has 0 heterocycles. The fourth-order valence-electron chi connectivity index (χ4n) is 1.77. The normalized spacial score (nSPS) is 10.1. The lowest BCUT2D eigenvalue weighted by atomic mass is 10.2. The predicted octanol–water partition coefficient (Wildman–Crippen LogP) is 3.73. The number of benzene rings is 2. The Morgan fingerprint density at radius 3 is 2.50 bits per heavy atom. The molecule has 0 aliphatic heterocycles. The monoisotopic (exact) mass is 336 g/mol. The molecule has 2 aromatic carbocycles. The molecular formula is C15H13BrO4. The van der Waals surface area contributed by atoms with Crippen LogP contribution in [0.2, 0.25) is 0 Å². The van der Waals surface area contributed by atoms with Crippen LogP contribution >= 0.6 is 15.9 Å². The van der Waals surface area contributed by atoms with Crippen LogP contribution in [-0.2, 0) is 6.61 Å². The molecule has 20 heavy (non-hydrogen) atoms. The van der Waals surface area contributed by atoms with Crippen molar-refractivity contribution in [1.29, 1.82) is 0 Å². The van der Waals surface area contributed by atoms with Crippen LogP contribution in [0.5, 0.6) is 11.5 Å². The zero-order chi connectivity index (χ0) is 14.5. The molecule has 0 radical (unpaired) electrons. The summed E-state index contributed by atoms with van der Waals surface area (Å²) in [7, 11) is 1.48. The Bertz CT molecular complexity index is 611. The van der Waals surface area contributed by atoms with Gasteiger partial charge in [-0.15, -0.1) is 0 Å². The first kappa shape index (κ1) is 14.4. The van der Waals surface area contributed by atoms with Crippen LogP contribution in [0.4, 0.5) is 0 Å². The topological polar surface area (TPSA) is 55.8 Å². The van der Waals surface area contributed by atoms with Crippen molar-refractivity contribution in [2.24, 2.45) is 0 Å². The molecule has 0 amide bonds. The first-order valence-corrected chi connectivity index (χ1v) is 6.69. The van der Waals surface area contributed by atoms with Gasteiger partial charge in [0.2, 0.25) is 0 Å². The maximum absolute atomic E-state index is 11.4. The summed E-state index contributed by atoms with van der Waals surface area (Å²) in [5, 5.41) is 9.30. The number of aromatic carboxylic acids is 1. The lowest BCUT2D eigenvalue weighted by molar-refractivity contribution is 0.0689. The number of rotatable bonds is 5. The predicted molar refractivity (Wildman–Crippen MR) is 78.4 cm³/mol. The quantitative estimate of drug-likeness (QED) is 0.903. The minimum absolute atomic E-state index is 0.0558. The number of carbonyl (C=O) groups is 1. The van der Waals surface area contributed by atoms with Gasteiger partial charge in [-0.25, -0.2) is 4.79 Å². The average Bonchev–Trinajstić information content (AvgIpc) is 2.45. The molecule has 2 rings (SSSR count). The van der Waals surface area contributed by atoms with E-state index < -0.39 is 5.97 Å². The van der Waals surface area contributed by atoms with E-state index >= 15 is 0 Å². The van der Waals surface area contributed by atoms with Gasteiger partial charge in [-0.2, -0.15) is 0 Å². The highest BCUT2D eigenvalue weighted by Gasteiger charge is 2.20. The third-order valence-electron chi connectivity index (χ3n) is 2.73. The van der Waals surface area contributed by atoms with E-state index in [1.165, 1.54) is 7.11 Å². The van der Waals surface area contributed by atoms with Crippen LogP contribution in [0.25, 0.3) is 0 Å². The van der Waals surface area contributed by atoms with Gasteiger partial charge in [-0.3, -0.25) is 0 Å². The van der Waals surface area contributed by atoms with Gasteiger partial charge >= 0.3 is 5.97 Å². The lowest BCUT2D eigenvalue weighted by Gasteiger charge is -2.14. The highest BCUT2D eigenvalue weighted by molar-refractivity contribution is 9.10. The van der Waals surface area contributed by atoms with Crippen LogP contribution in [0.1, 0.15) is 15.9 Å². The van der Waals surface area contributed by atoms with Crippen LogP contribution in [0.3, 0.4) is 0 Å².